The van der Waals surface area contributed by atoms with Crippen LogP contribution in [0, 0.1) is 0 Å². The molecule has 1 fully saturated rings. The first kappa shape index (κ1) is 20.7. The van der Waals surface area contributed by atoms with E-state index in [0.717, 1.165) is 31.4 Å². The molecule has 0 radical (unpaired) electrons. The summed E-state index contributed by atoms with van der Waals surface area (Å²) in [6, 6.07) is 14.7. The quantitative estimate of drug-likeness (QED) is 0.563. The minimum Gasteiger partial charge on any atom is -0.508 e. The summed E-state index contributed by atoms with van der Waals surface area (Å²) in [7, 11) is 0. The molecule has 0 spiro atoms. The van der Waals surface area contributed by atoms with E-state index in [1.165, 1.54) is 5.56 Å². The second kappa shape index (κ2) is 8.72. The highest BCUT2D eigenvalue weighted by Gasteiger charge is 2.32. The molecule has 2 atom stereocenters. The van der Waals surface area contributed by atoms with Crippen molar-refractivity contribution >= 4 is 11.9 Å². The largest absolute Gasteiger partial charge is 0.508 e. The van der Waals surface area contributed by atoms with Crippen molar-refractivity contribution in [2.45, 2.75) is 31.3 Å². The molecule has 1 saturated heterocycles. The Hall–Kier alpha value is -3.23. The van der Waals surface area contributed by atoms with E-state index in [1.54, 1.807) is 18.2 Å². The van der Waals surface area contributed by atoms with Crippen molar-refractivity contribution in [2.75, 3.05) is 36.1 Å². The number of aliphatic hydroxyl groups is 2. The van der Waals surface area contributed by atoms with Gasteiger partial charge in [-0.2, -0.15) is 15.0 Å². The lowest BCUT2D eigenvalue weighted by Crippen LogP contribution is -2.39. The topological polar surface area (TPSA) is 106 Å². The van der Waals surface area contributed by atoms with Crippen molar-refractivity contribution in [3.63, 3.8) is 0 Å². The van der Waals surface area contributed by atoms with Crippen molar-refractivity contribution in [1.82, 2.24) is 15.0 Å². The summed E-state index contributed by atoms with van der Waals surface area (Å²) in [4.78, 5) is 18.3. The van der Waals surface area contributed by atoms with Gasteiger partial charge in [-0.15, -0.1) is 0 Å². The number of phenols is 1. The fourth-order valence-corrected chi connectivity index (χ4v) is 4.76. The summed E-state index contributed by atoms with van der Waals surface area (Å²) in [5.74, 6) is 1.60. The Morgan fingerprint density at radius 2 is 1.69 bits per heavy atom. The van der Waals surface area contributed by atoms with Gasteiger partial charge in [0.1, 0.15) is 5.75 Å². The molecule has 3 heterocycles. The fraction of sp³-hybridized carbons (Fsp3) is 0.375. The average molecular weight is 434 g/mol. The van der Waals surface area contributed by atoms with Crippen LogP contribution in [0.1, 0.15) is 30.0 Å². The molecule has 5 rings (SSSR count). The Balaban J connectivity index is 1.61. The molecular formula is C24H27N5O3. The monoisotopic (exact) mass is 433 g/mol. The van der Waals surface area contributed by atoms with E-state index < -0.39 is 0 Å². The molecule has 2 aliphatic heterocycles. The van der Waals surface area contributed by atoms with Crippen molar-refractivity contribution < 1.29 is 15.3 Å². The molecule has 8 nitrogen and oxygen atoms in total. The van der Waals surface area contributed by atoms with Crippen LogP contribution >= 0.6 is 0 Å². The average Bonchev–Trinajstić information content (AvgIpc) is 3.32. The first-order valence-electron chi connectivity index (χ1n) is 11.1. The van der Waals surface area contributed by atoms with Crippen LogP contribution in [0.3, 0.4) is 0 Å². The van der Waals surface area contributed by atoms with Crippen LogP contribution < -0.4 is 9.80 Å². The first-order valence-corrected chi connectivity index (χ1v) is 11.1. The second-order valence-electron chi connectivity index (χ2n) is 8.32. The summed E-state index contributed by atoms with van der Waals surface area (Å²) in [5, 5.41) is 30.1. The molecule has 0 bridgehead atoms. The lowest BCUT2D eigenvalue weighted by molar-refractivity contribution is 0.255. The van der Waals surface area contributed by atoms with Crippen molar-refractivity contribution in [3.8, 4) is 17.1 Å². The van der Waals surface area contributed by atoms with E-state index in [-0.39, 0.29) is 31.0 Å². The number of aromatic nitrogens is 3. The molecule has 0 unspecified atom stereocenters. The third kappa shape index (κ3) is 3.76. The Labute approximate surface area is 186 Å². The number of hydrogen-bond donors (Lipinski definition) is 3. The van der Waals surface area contributed by atoms with Gasteiger partial charge in [-0.05, 0) is 42.5 Å². The maximum atomic E-state index is 10.3. The van der Waals surface area contributed by atoms with Crippen LogP contribution in [-0.4, -0.2) is 62.6 Å². The van der Waals surface area contributed by atoms with E-state index in [9.17, 15) is 15.3 Å². The highest BCUT2D eigenvalue weighted by Crippen LogP contribution is 2.34. The van der Waals surface area contributed by atoms with Gasteiger partial charge < -0.3 is 25.1 Å². The SMILES string of the molecule is OC[C@H]1CCCN1c1nc(-c2cccc(O)c2)nc(N2CCc3ccccc3[C@@H]2CO)n1. The number of nitrogens with zero attached hydrogens (tertiary/aromatic N) is 5. The number of rotatable bonds is 5. The minimum absolute atomic E-state index is 0.0296. The molecule has 0 aliphatic carbocycles. The summed E-state index contributed by atoms with van der Waals surface area (Å²) in [6.07, 6.45) is 2.68. The molecule has 2 aliphatic rings. The highest BCUT2D eigenvalue weighted by molar-refractivity contribution is 5.61. The maximum absolute atomic E-state index is 10.3. The maximum Gasteiger partial charge on any atom is 0.231 e. The number of aliphatic hydroxyl groups excluding tert-OH is 2. The normalized spacial score (nSPS) is 20.4. The lowest BCUT2D eigenvalue weighted by Gasteiger charge is -2.37. The predicted molar refractivity (Wildman–Crippen MR) is 122 cm³/mol. The van der Waals surface area contributed by atoms with Gasteiger partial charge in [0.2, 0.25) is 11.9 Å². The van der Waals surface area contributed by atoms with Crippen molar-refractivity contribution in [3.05, 3.63) is 59.7 Å². The van der Waals surface area contributed by atoms with E-state index in [0.29, 0.717) is 29.8 Å². The standard InChI is InChI=1S/C24H27N5O3/c30-14-18-7-4-11-28(18)23-25-22(17-6-3-8-19(32)13-17)26-24(27-23)29-12-10-16-5-1-2-9-20(16)21(29)15-31/h1-3,5-6,8-9,13,18,21,30-32H,4,7,10-12,14-15H2/t18-,21+/m1/s1. The van der Waals surface area contributed by atoms with E-state index >= 15 is 0 Å². The summed E-state index contributed by atoms with van der Waals surface area (Å²) in [6.45, 7) is 1.43. The van der Waals surface area contributed by atoms with Gasteiger partial charge in [0.15, 0.2) is 5.82 Å². The van der Waals surface area contributed by atoms with Crippen LogP contribution in [0.25, 0.3) is 11.4 Å². The molecule has 3 aromatic rings. The molecule has 0 amide bonds. The van der Waals surface area contributed by atoms with E-state index in [2.05, 4.69) is 6.07 Å². The van der Waals surface area contributed by atoms with Crippen molar-refractivity contribution in [1.29, 1.82) is 0 Å². The van der Waals surface area contributed by atoms with Crippen LogP contribution in [0.2, 0.25) is 0 Å². The fourth-order valence-electron chi connectivity index (χ4n) is 4.76. The molecular weight excluding hydrogens is 406 g/mol. The van der Waals surface area contributed by atoms with Crippen LogP contribution in [-0.2, 0) is 6.42 Å². The predicted octanol–water partition coefficient (Wildman–Crippen LogP) is 2.30. The molecule has 32 heavy (non-hydrogen) atoms. The van der Waals surface area contributed by atoms with Gasteiger partial charge in [-0.3, -0.25) is 0 Å². The van der Waals surface area contributed by atoms with Crippen LogP contribution in [0.5, 0.6) is 5.75 Å². The Morgan fingerprint density at radius 3 is 2.47 bits per heavy atom. The zero-order valence-corrected chi connectivity index (χ0v) is 17.8. The Bertz CT molecular complexity index is 1110. The summed E-state index contributed by atoms with van der Waals surface area (Å²) >= 11 is 0. The van der Waals surface area contributed by atoms with Gasteiger partial charge in [-0.25, -0.2) is 0 Å². The molecule has 166 valence electrons. The number of anilines is 2. The third-order valence-corrected chi connectivity index (χ3v) is 6.40. The smallest absolute Gasteiger partial charge is 0.231 e. The number of fused-ring (bicyclic) bond motifs is 1. The van der Waals surface area contributed by atoms with Gasteiger partial charge in [0, 0.05) is 18.7 Å². The minimum atomic E-state index is -0.251. The third-order valence-electron chi connectivity index (χ3n) is 6.40. The number of hydrogen-bond acceptors (Lipinski definition) is 8. The number of benzene rings is 2. The van der Waals surface area contributed by atoms with Crippen LogP contribution in [0.15, 0.2) is 48.5 Å². The van der Waals surface area contributed by atoms with Gasteiger partial charge >= 0.3 is 0 Å². The van der Waals surface area contributed by atoms with E-state index in [1.807, 2.05) is 34.1 Å². The molecule has 3 N–H and O–H groups in total. The first-order chi connectivity index (χ1) is 15.7. The highest BCUT2D eigenvalue weighted by atomic mass is 16.3. The van der Waals surface area contributed by atoms with E-state index in [4.69, 9.17) is 15.0 Å². The molecule has 2 aromatic carbocycles. The molecule has 1 aromatic heterocycles. The van der Waals surface area contributed by atoms with Gasteiger partial charge in [-0.1, -0.05) is 36.4 Å². The zero-order chi connectivity index (χ0) is 22.1. The zero-order valence-electron chi connectivity index (χ0n) is 17.8. The Kier molecular flexibility index (Phi) is 5.63. The second-order valence-corrected chi connectivity index (χ2v) is 8.32. The van der Waals surface area contributed by atoms with Crippen LogP contribution in [0.4, 0.5) is 11.9 Å². The van der Waals surface area contributed by atoms with Gasteiger partial charge in [0.05, 0.1) is 25.3 Å². The Morgan fingerprint density at radius 1 is 0.875 bits per heavy atom. The van der Waals surface area contributed by atoms with Crippen molar-refractivity contribution in [2.24, 2.45) is 0 Å². The number of aromatic hydroxyl groups is 1. The van der Waals surface area contributed by atoms with Gasteiger partial charge in [0.25, 0.3) is 0 Å². The lowest BCUT2D eigenvalue weighted by atomic mass is 9.93. The molecule has 8 heteroatoms. The summed E-state index contributed by atoms with van der Waals surface area (Å²) in [5.41, 5.74) is 2.99. The number of phenolic OH excluding ortho intramolecular Hbond substituents is 1. The molecule has 0 saturated carbocycles. The summed E-state index contributed by atoms with van der Waals surface area (Å²) < 4.78 is 0.